The first-order valence-electron chi connectivity index (χ1n) is 9.28. The molecule has 1 saturated heterocycles. The molecule has 0 spiro atoms. The third-order valence-corrected chi connectivity index (χ3v) is 4.89. The van der Waals surface area contributed by atoms with E-state index in [0.29, 0.717) is 31.7 Å². The number of carbonyl (C=O) groups is 2. The molecule has 154 valence electrons. The summed E-state index contributed by atoms with van der Waals surface area (Å²) in [5.41, 5.74) is 0.572. The minimum Gasteiger partial charge on any atom is -0.369 e. The number of amides is 1. The van der Waals surface area contributed by atoms with E-state index in [1.807, 2.05) is 17.0 Å². The lowest BCUT2D eigenvalue weighted by atomic mass is 10.1. The Hall–Kier alpha value is -2.87. The number of para-hydroxylation sites is 1. The summed E-state index contributed by atoms with van der Waals surface area (Å²) in [6.07, 6.45) is -4.52. The summed E-state index contributed by atoms with van der Waals surface area (Å²) in [6.45, 7) is 4.15. The van der Waals surface area contributed by atoms with Crippen LogP contribution in [0.4, 0.5) is 24.5 Å². The smallest absolute Gasteiger partial charge is 0.369 e. The minimum absolute atomic E-state index is 0.0134. The molecule has 29 heavy (non-hydrogen) atoms. The molecule has 1 aliphatic rings. The number of nitrogens with one attached hydrogen (secondary N) is 1. The van der Waals surface area contributed by atoms with Gasteiger partial charge in [-0.1, -0.05) is 12.1 Å². The molecule has 0 aliphatic carbocycles. The predicted octanol–water partition coefficient (Wildman–Crippen LogP) is 3.67. The van der Waals surface area contributed by atoms with Crippen LogP contribution in [0.1, 0.15) is 22.8 Å². The second-order valence-electron chi connectivity index (χ2n) is 6.96. The summed E-state index contributed by atoms with van der Waals surface area (Å²) in [6, 6.07) is 12.3. The summed E-state index contributed by atoms with van der Waals surface area (Å²) in [7, 11) is 0. The van der Waals surface area contributed by atoms with Crippen LogP contribution in [-0.2, 0) is 11.0 Å². The lowest BCUT2D eigenvalue weighted by molar-refractivity contribution is -0.137. The first-order chi connectivity index (χ1) is 13.7. The molecule has 2 aromatic rings. The molecule has 1 aliphatic heterocycles. The van der Waals surface area contributed by atoms with Crippen molar-refractivity contribution in [2.75, 3.05) is 42.9 Å². The average Bonchev–Trinajstić information content (AvgIpc) is 2.68. The van der Waals surface area contributed by atoms with Gasteiger partial charge < -0.3 is 10.2 Å². The molecular formula is C21H22F3N3O2. The molecular weight excluding hydrogens is 383 g/mol. The van der Waals surface area contributed by atoms with Crippen molar-refractivity contribution in [3.05, 3.63) is 59.7 Å². The normalized spacial score (nSPS) is 15.2. The van der Waals surface area contributed by atoms with Gasteiger partial charge in [-0.05, 0) is 43.3 Å². The molecule has 0 bridgehead atoms. The fraction of sp³-hybridized carbons (Fsp3) is 0.333. The van der Waals surface area contributed by atoms with E-state index >= 15 is 0 Å². The standard InChI is InChI=1S/C21H22F3N3O2/c1-15(28)16-6-8-17(9-7-16)27-12-10-26(11-13-27)14-20(29)25-19-5-3-2-4-18(19)21(22,23)24/h2-9H,10-14H2,1H3,(H,25,29). The van der Waals surface area contributed by atoms with Crippen molar-refractivity contribution in [3.8, 4) is 0 Å². The molecule has 3 rings (SSSR count). The SMILES string of the molecule is CC(=O)c1ccc(N2CCN(CC(=O)Nc3ccccc3C(F)(F)F)CC2)cc1. The average molecular weight is 405 g/mol. The third-order valence-electron chi connectivity index (χ3n) is 4.89. The highest BCUT2D eigenvalue weighted by atomic mass is 19.4. The Morgan fingerprint density at radius 2 is 1.59 bits per heavy atom. The van der Waals surface area contributed by atoms with Crippen LogP contribution < -0.4 is 10.2 Å². The number of rotatable bonds is 5. The van der Waals surface area contributed by atoms with Crippen molar-refractivity contribution < 1.29 is 22.8 Å². The molecule has 0 atom stereocenters. The molecule has 0 unspecified atom stereocenters. The van der Waals surface area contributed by atoms with Crippen LogP contribution in [0, 0.1) is 0 Å². The van der Waals surface area contributed by atoms with Gasteiger partial charge in [0.05, 0.1) is 17.8 Å². The maximum absolute atomic E-state index is 13.0. The van der Waals surface area contributed by atoms with Gasteiger partial charge in [0.1, 0.15) is 0 Å². The van der Waals surface area contributed by atoms with Gasteiger partial charge in [-0.2, -0.15) is 13.2 Å². The maximum Gasteiger partial charge on any atom is 0.418 e. The number of halogens is 3. The molecule has 0 saturated carbocycles. The number of carbonyl (C=O) groups excluding carboxylic acids is 2. The number of nitrogens with zero attached hydrogens (tertiary/aromatic N) is 2. The fourth-order valence-electron chi connectivity index (χ4n) is 3.30. The van der Waals surface area contributed by atoms with E-state index in [-0.39, 0.29) is 18.0 Å². The molecule has 2 aromatic carbocycles. The van der Waals surface area contributed by atoms with E-state index in [4.69, 9.17) is 0 Å². The highest BCUT2D eigenvalue weighted by Crippen LogP contribution is 2.34. The van der Waals surface area contributed by atoms with Crippen molar-refractivity contribution in [1.82, 2.24) is 4.90 Å². The molecule has 5 nitrogen and oxygen atoms in total. The minimum atomic E-state index is -4.52. The van der Waals surface area contributed by atoms with Crippen molar-refractivity contribution in [2.45, 2.75) is 13.1 Å². The van der Waals surface area contributed by atoms with Crippen molar-refractivity contribution >= 4 is 23.1 Å². The Bertz CT molecular complexity index is 873. The molecule has 1 fully saturated rings. The first-order valence-corrected chi connectivity index (χ1v) is 9.28. The van der Waals surface area contributed by atoms with Gasteiger partial charge in [0.25, 0.3) is 0 Å². The van der Waals surface area contributed by atoms with Crippen LogP contribution in [-0.4, -0.2) is 49.3 Å². The molecule has 1 heterocycles. The zero-order valence-corrected chi connectivity index (χ0v) is 16.0. The Morgan fingerprint density at radius 1 is 0.966 bits per heavy atom. The number of hydrogen-bond acceptors (Lipinski definition) is 4. The number of alkyl halides is 3. The maximum atomic E-state index is 13.0. The number of benzene rings is 2. The van der Waals surface area contributed by atoms with E-state index in [1.54, 1.807) is 12.1 Å². The number of anilines is 2. The summed E-state index contributed by atoms with van der Waals surface area (Å²) >= 11 is 0. The van der Waals surface area contributed by atoms with Crippen LogP contribution in [0.5, 0.6) is 0 Å². The van der Waals surface area contributed by atoms with Crippen LogP contribution in [0.2, 0.25) is 0 Å². The summed E-state index contributed by atoms with van der Waals surface area (Å²) in [5, 5.41) is 2.38. The van der Waals surface area contributed by atoms with Gasteiger partial charge in [0, 0.05) is 37.4 Å². The fourth-order valence-corrected chi connectivity index (χ4v) is 3.30. The predicted molar refractivity (Wildman–Crippen MR) is 105 cm³/mol. The van der Waals surface area contributed by atoms with Gasteiger partial charge in [0.2, 0.25) is 5.91 Å². The van der Waals surface area contributed by atoms with Gasteiger partial charge in [0.15, 0.2) is 5.78 Å². The van der Waals surface area contributed by atoms with Crippen LogP contribution in [0.3, 0.4) is 0 Å². The number of hydrogen-bond donors (Lipinski definition) is 1. The second kappa shape index (κ2) is 8.65. The first kappa shape index (κ1) is 20.9. The van der Waals surface area contributed by atoms with Crippen molar-refractivity contribution in [1.29, 1.82) is 0 Å². The van der Waals surface area contributed by atoms with Gasteiger partial charge in [-0.15, -0.1) is 0 Å². The van der Waals surface area contributed by atoms with Crippen molar-refractivity contribution in [3.63, 3.8) is 0 Å². The van der Waals surface area contributed by atoms with Crippen LogP contribution in [0.25, 0.3) is 0 Å². The third kappa shape index (κ3) is 5.35. The lowest BCUT2D eigenvalue weighted by Crippen LogP contribution is -2.48. The molecule has 8 heteroatoms. The number of piperazine rings is 1. The number of ketones is 1. The van der Waals surface area contributed by atoms with E-state index in [1.165, 1.54) is 25.1 Å². The van der Waals surface area contributed by atoms with E-state index in [2.05, 4.69) is 10.2 Å². The van der Waals surface area contributed by atoms with Gasteiger partial charge in [-0.25, -0.2) is 0 Å². The zero-order valence-electron chi connectivity index (χ0n) is 16.0. The Kier molecular flexibility index (Phi) is 6.22. The van der Waals surface area contributed by atoms with E-state index < -0.39 is 17.6 Å². The second-order valence-corrected chi connectivity index (χ2v) is 6.96. The largest absolute Gasteiger partial charge is 0.418 e. The van der Waals surface area contributed by atoms with E-state index in [0.717, 1.165) is 11.8 Å². The Labute approximate surface area is 167 Å². The highest BCUT2D eigenvalue weighted by Gasteiger charge is 2.33. The van der Waals surface area contributed by atoms with Gasteiger partial charge in [-0.3, -0.25) is 14.5 Å². The summed E-state index contributed by atoms with van der Waals surface area (Å²) in [4.78, 5) is 27.7. The van der Waals surface area contributed by atoms with Crippen molar-refractivity contribution in [2.24, 2.45) is 0 Å². The zero-order chi connectivity index (χ0) is 21.0. The molecule has 0 radical (unpaired) electrons. The highest BCUT2D eigenvalue weighted by molar-refractivity contribution is 5.94. The Balaban J connectivity index is 1.53. The summed E-state index contributed by atoms with van der Waals surface area (Å²) in [5.74, 6) is -0.458. The summed E-state index contributed by atoms with van der Waals surface area (Å²) < 4.78 is 39.1. The monoisotopic (exact) mass is 405 g/mol. The number of Topliss-reactive ketones (excluding diaryl/α,β-unsaturated/α-hetero) is 1. The molecule has 1 amide bonds. The van der Waals surface area contributed by atoms with Crippen LogP contribution in [0.15, 0.2) is 48.5 Å². The van der Waals surface area contributed by atoms with Crippen LogP contribution >= 0.6 is 0 Å². The lowest BCUT2D eigenvalue weighted by Gasteiger charge is -2.35. The Morgan fingerprint density at radius 3 is 2.17 bits per heavy atom. The molecule has 1 N–H and O–H groups in total. The topological polar surface area (TPSA) is 52.7 Å². The van der Waals surface area contributed by atoms with Gasteiger partial charge >= 0.3 is 6.18 Å². The molecule has 0 aromatic heterocycles. The quantitative estimate of drug-likeness (QED) is 0.772. The van der Waals surface area contributed by atoms with E-state index in [9.17, 15) is 22.8 Å².